The first-order valence-corrected chi connectivity index (χ1v) is 7.75. The number of hydrogen-bond acceptors (Lipinski definition) is 4. The Morgan fingerprint density at radius 2 is 1.91 bits per heavy atom. The molecular weight excluding hydrogens is 360 g/mol. The fraction of sp³-hybridized carbons (Fsp3) is 0.176. The summed E-state index contributed by atoms with van der Waals surface area (Å²) in [6, 6.07) is 14.0. The molecule has 1 amide bonds. The molecule has 0 aliphatic carbocycles. The van der Waals surface area contributed by atoms with Crippen molar-refractivity contribution in [1.82, 2.24) is 0 Å². The van der Waals surface area contributed by atoms with Crippen LogP contribution in [0.5, 0.6) is 5.75 Å². The van der Waals surface area contributed by atoms with Gasteiger partial charge in [0.05, 0.1) is 5.56 Å². The normalized spacial score (nSPS) is 14.6. The number of benzene rings is 2. The van der Waals surface area contributed by atoms with E-state index in [-0.39, 0.29) is 11.3 Å². The van der Waals surface area contributed by atoms with Crippen LogP contribution in [0.25, 0.3) is 0 Å². The highest BCUT2D eigenvalue weighted by molar-refractivity contribution is 9.10. The van der Waals surface area contributed by atoms with Crippen molar-refractivity contribution < 1.29 is 14.3 Å². The largest absolute Gasteiger partial charge is 0.462 e. The zero-order valence-corrected chi connectivity index (χ0v) is 14.1. The van der Waals surface area contributed by atoms with E-state index >= 15 is 0 Å². The summed E-state index contributed by atoms with van der Waals surface area (Å²) in [5.41, 5.74) is 11.0. The molecule has 0 bridgehead atoms. The lowest BCUT2D eigenvalue weighted by molar-refractivity contribution is -0.134. The number of amides is 1. The molecule has 2 aromatic carbocycles. The monoisotopic (exact) mass is 376 g/mol. The Balaban J connectivity index is 2.42. The van der Waals surface area contributed by atoms with Crippen molar-refractivity contribution in [3.8, 4) is 5.75 Å². The number of rotatable bonds is 6. The van der Waals surface area contributed by atoms with E-state index in [0.29, 0.717) is 10.8 Å². The standard InChI is InChI=1S/C17H17BrN2O3/c1-11(12-5-3-2-4-6-12)17(20,16(19)22)23-15-8-7-14(18)9-13(15)10-21/h2-11H,20H2,1H3,(H2,19,22). The number of nitrogens with two attached hydrogens (primary N) is 2. The van der Waals surface area contributed by atoms with Crippen molar-refractivity contribution in [2.75, 3.05) is 0 Å². The second-order valence-corrected chi connectivity index (χ2v) is 6.11. The van der Waals surface area contributed by atoms with Crippen LogP contribution in [0.4, 0.5) is 0 Å². The highest BCUT2D eigenvalue weighted by atomic mass is 79.9. The van der Waals surface area contributed by atoms with Crippen molar-refractivity contribution >= 4 is 28.1 Å². The minimum atomic E-state index is -1.78. The first kappa shape index (κ1) is 17.2. The molecule has 0 heterocycles. The summed E-state index contributed by atoms with van der Waals surface area (Å²) in [7, 11) is 0. The number of halogens is 1. The van der Waals surface area contributed by atoms with Crippen LogP contribution in [-0.2, 0) is 4.79 Å². The molecule has 120 valence electrons. The maximum absolute atomic E-state index is 12.0. The predicted octanol–water partition coefficient (Wildman–Crippen LogP) is 2.58. The lowest BCUT2D eigenvalue weighted by Crippen LogP contribution is -2.60. The first-order valence-electron chi connectivity index (χ1n) is 6.96. The summed E-state index contributed by atoms with van der Waals surface area (Å²) in [6.07, 6.45) is 0.634. The van der Waals surface area contributed by atoms with E-state index < -0.39 is 17.6 Å². The van der Waals surface area contributed by atoms with E-state index in [0.717, 1.165) is 5.56 Å². The smallest absolute Gasteiger partial charge is 0.277 e. The molecule has 0 radical (unpaired) electrons. The highest BCUT2D eigenvalue weighted by Gasteiger charge is 2.42. The molecule has 2 atom stereocenters. The van der Waals surface area contributed by atoms with Gasteiger partial charge in [-0.05, 0) is 23.8 Å². The van der Waals surface area contributed by atoms with E-state index in [4.69, 9.17) is 16.2 Å². The van der Waals surface area contributed by atoms with E-state index in [2.05, 4.69) is 15.9 Å². The zero-order chi connectivity index (χ0) is 17.0. The van der Waals surface area contributed by atoms with Gasteiger partial charge in [0.25, 0.3) is 5.91 Å². The van der Waals surface area contributed by atoms with Gasteiger partial charge < -0.3 is 10.5 Å². The van der Waals surface area contributed by atoms with Crippen molar-refractivity contribution in [1.29, 1.82) is 0 Å². The molecule has 0 aliphatic heterocycles. The molecule has 0 spiro atoms. The summed E-state index contributed by atoms with van der Waals surface area (Å²) in [6.45, 7) is 1.75. The van der Waals surface area contributed by atoms with Gasteiger partial charge in [0.1, 0.15) is 5.75 Å². The highest BCUT2D eigenvalue weighted by Crippen LogP contribution is 2.31. The Morgan fingerprint density at radius 1 is 1.26 bits per heavy atom. The molecule has 0 fully saturated rings. The molecule has 0 aromatic heterocycles. The molecule has 2 rings (SSSR count). The van der Waals surface area contributed by atoms with Gasteiger partial charge in [-0.15, -0.1) is 0 Å². The van der Waals surface area contributed by atoms with Crippen LogP contribution >= 0.6 is 15.9 Å². The topological polar surface area (TPSA) is 95.4 Å². The van der Waals surface area contributed by atoms with Crippen molar-refractivity contribution in [3.63, 3.8) is 0 Å². The zero-order valence-electron chi connectivity index (χ0n) is 12.5. The van der Waals surface area contributed by atoms with Crippen LogP contribution in [0.15, 0.2) is 53.0 Å². The lowest BCUT2D eigenvalue weighted by Gasteiger charge is -2.33. The van der Waals surface area contributed by atoms with Crippen molar-refractivity contribution in [2.24, 2.45) is 11.5 Å². The fourth-order valence-electron chi connectivity index (χ4n) is 2.23. The Morgan fingerprint density at radius 3 is 2.48 bits per heavy atom. The molecular formula is C17H17BrN2O3. The number of carbonyl (C=O) groups is 2. The van der Waals surface area contributed by atoms with Gasteiger partial charge in [0, 0.05) is 10.4 Å². The molecule has 0 saturated carbocycles. The quantitative estimate of drug-likeness (QED) is 0.598. The third-order valence-electron chi connectivity index (χ3n) is 3.71. The molecule has 0 saturated heterocycles. The maximum atomic E-state index is 12.0. The Bertz CT molecular complexity index is 721. The van der Waals surface area contributed by atoms with Crippen molar-refractivity contribution in [3.05, 3.63) is 64.1 Å². The van der Waals surface area contributed by atoms with E-state index in [1.165, 1.54) is 0 Å². The summed E-state index contributed by atoms with van der Waals surface area (Å²) in [4.78, 5) is 23.2. The van der Waals surface area contributed by atoms with Crippen molar-refractivity contribution in [2.45, 2.75) is 18.6 Å². The first-order chi connectivity index (χ1) is 10.9. The average Bonchev–Trinajstić information content (AvgIpc) is 2.56. The number of primary amides is 1. The van der Waals surface area contributed by atoms with Crippen LogP contribution in [0.1, 0.15) is 28.8 Å². The number of aldehydes is 1. The van der Waals surface area contributed by atoms with E-state index in [1.807, 2.05) is 30.3 Å². The van der Waals surface area contributed by atoms with Crippen LogP contribution in [0, 0.1) is 0 Å². The van der Waals surface area contributed by atoms with Gasteiger partial charge in [-0.3, -0.25) is 15.3 Å². The molecule has 0 aliphatic rings. The van der Waals surface area contributed by atoms with Gasteiger partial charge in [0.2, 0.25) is 5.72 Å². The number of ether oxygens (including phenoxy) is 1. The van der Waals surface area contributed by atoms with E-state index in [1.54, 1.807) is 25.1 Å². The second-order valence-electron chi connectivity index (χ2n) is 5.19. The maximum Gasteiger partial charge on any atom is 0.277 e. The molecule has 5 nitrogen and oxygen atoms in total. The summed E-state index contributed by atoms with van der Waals surface area (Å²) in [5.74, 6) is -1.12. The van der Waals surface area contributed by atoms with E-state index in [9.17, 15) is 9.59 Å². The second kappa shape index (κ2) is 6.93. The summed E-state index contributed by atoms with van der Waals surface area (Å²) in [5, 5.41) is 0. The predicted molar refractivity (Wildman–Crippen MR) is 91.1 cm³/mol. The van der Waals surface area contributed by atoms with Gasteiger partial charge >= 0.3 is 0 Å². The van der Waals surface area contributed by atoms with Gasteiger partial charge in [-0.25, -0.2) is 0 Å². The van der Waals surface area contributed by atoms with Crippen LogP contribution < -0.4 is 16.2 Å². The van der Waals surface area contributed by atoms with Gasteiger partial charge in [0.15, 0.2) is 6.29 Å². The number of carbonyl (C=O) groups excluding carboxylic acids is 2. The third-order valence-corrected chi connectivity index (χ3v) is 4.20. The molecule has 6 heteroatoms. The lowest BCUT2D eigenvalue weighted by atomic mass is 9.89. The minimum absolute atomic E-state index is 0.201. The average molecular weight is 377 g/mol. The summed E-state index contributed by atoms with van der Waals surface area (Å²) >= 11 is 3.27. The SMILES string of the molecule is CC(c1ccccc1)C(N)(Oc1ccc(Br)cc1C=O)C(N)=O. The van der Waals surface area contributed by atoms with Gasteiger partial charge in [-0.2, -0.15) is 0 Å². The number of hydrogen-bond donors (Lipinski definition) is 2. The van der Waals surface area contributed by atoms with Gasteiger partial charge in [-0.1, -0.05) is 53.2 Å². The fourth-order valence-corrected chi connectivity index (χ4v) is 2.61. The Kier molecular flexibility index (Phi) is 5.18. The van der Waals surface area contributed by atoms with Crippen LogP contribution in [0.3, 0.4) is 0 Å². The van der Waals surface area contributed by atoms with Crippen LogP contribution in [0.2, 0.25) is 0 Å². The molecule has 2 unspecified atom stereocenters. The molecule has 4 N–H and O–H groups in total. The van der Waals surface area contributed by atoms with Crippen LogP contribution in [-0.4, -0.2) is 17.9 Å². The molecule has 23 heavy (non-hydrogen) atoms. The Hall–Kier alpha value is -2.18. The summed E-state index contributed by atoms with van der Waals surface area (Å²) < 4.78 is 6.42. The molecule has 2 aromatic rings. The third kappa shape index (κ3) is 3.60. The minimum Gasteiger partial charge on any atom is -0.462 e. The Labute approximate surface area is 142 Å².